The minimum absolute atomic E-state index is 0.0931. The van der Waals surface area contributed by atoms with Crippen LogP contribution in [0.3, 0.4) is 0 Å². The SMILES string of the molecule is Cc1cccc(C)c1NC(=O)CN(C)c1cc(N2CCCC2CO)ncn1. The molecule has 1 unspecified atom stereocenters. The highest BCUT2D eigenvalue weighted by atomic mass is 16.3. The number of aliphatic hydroxyl groups excluding tert-OH is 1. The second-order valence-corrected chi connectivity index (χ2v) is 7.08. The number of carbonyl (C=O) groups excluding carboxylic acids is 1. The fraction of sp³-hybridized carbons (Fsp3) is 0.450. The Bertz CT molecular complexity index is 790. The molecule has 1 fully saturated rings. The van der Waals surface area contributed by atoms with Crippen molar-refractivity contribution in [2.24, 2.45) is 0 Å². The third-order valence-corrected chi connectivity index (χ3v) is 5.04. The number of hydrogen-bond donors (Lipinski definition) is 2. The van der Waals surface area contributed by atoms with E-state index in [-0.39, 0.29) is 25.1 Å². The molecule has 0 radical (unpaired) electrons. The average molecular weight is 369 g/mol. The Morgan fingerprint density at radius 2 is 2.07 bits per heavy atom. The number of anilines is 3. The Morgan fingerprint density at radius 1 is 1.33 bits per heavy atom. The molecule has 0 spiro atoms. The molecule has 0 aliphatic carbocycles. The second kappa shape index (κ2) is 8.35. The molecule has 0 bridgehead atoms. The van der Waals surface area contributed by atoms with Crippen LogP contribution in [0.2, 0.25) is 0 Å². The third kappa shape index (κ3) is 4.36. The van der Waals surface area contributed by atoms with E-state index in [4.69, 9.17) is 0 Å². The number of aryl methyl sites for hydroxylation is 2. The van der Waals surface area contributed by atoms with Gasteiger partial charge >= 0.3 is 0 Å². The number of rotatable bonds is 6. The summed E-state index contributed by atoms with van der Waals surface area (Å²) in [6.45, 7) is 5.15. The quantitative estimate of drug-likeness (QED) is 0.812. The average Bonchev–Trinajstić information content (AvgIpc) is 3.14. The molecule has 1 aliphatic heterocycles. The van der Waals surface area contributed by atoms with Crippen LogP contribution in [-0.2, 0) is 4.79 Å². The van der Waals surface area contributed by atoms with E-state index in [1.54, 1.807) is 4.90 Å². The smallest absolute Gasteiger partial charge is 0.243 e. The topological polar surface area (TPSA) is 81.6 Å². The molecule has 27 heavy (non-hydrogen) atoms. The van der Waals surface area contributed by atoms with Gasteiger partial charge in [-0.1, -0.05) is 18.2 Å². The molecular formula is C20H27N5O2. The number of nitrogens with zero attached hydrogens (tertiary/aromatic N) is 4. The molecule has 1 amide bonds. The van der Waals surface area contributed by atoms with E-state index < -0.39 is 0 Å². The zero-order valence-corrected chi connectivity index (χ0v) is 16.1. The Morgan fingerprint density at radius 3 is 2.78 bits per heavy atom. The zero-order valence-electron chi connectivity index (χ0n) is 16.1. The number of benzene rings is 1. The van der Waals surface area contributed by atoms with Crippen LogP contribution in [0.25, 0.3) is 0 Å². The molecule has 1 aromatic carbocycles. The van der Waals surface area contributed by atoms with Crippen LogP contribution in [0, 0.1) is 13.8 Å². The molecule has 2 aromatic rings. The van der Waals surface area contributed by atoms with E-state index in [0.717, 1.165) is 42.0 Å². The summed E-state index contributed by atoms with van der Waals surface area (Å²) >= 11 is 0. The van der Waals surface area contributed by atoms with Crippen LogP contribution in [0.5, 0.6) is 0 Å². The van der Waals surface area contributed by atoms with Gasteiger partial charge in [-0.2, -0.15) is 0 Å². The van der Waals surface area contributed by atoms with Gasteiger partial charge in [-0.25, -0.2) is 9.97 Å². The van der Waals surface area contributed by atoms with Crippen molar-refractivity contribution in [3.63, 3.8) is 0 Å². The Labute approximate surface area is 160 Å². The van der Waals surface area contributed by atoms with Crippen LogP contribution in [-0.4, -0.2) is 53.8 Å². The van der Waals surface area contributed by atoms with E-state index in [9.17, 15) is 9.90 Å². The predicted molar refractivity (Wildman–Crippen MR) is 107 cm³/mol. The van der Waals surface area contributed by atoms with Crippen molar-refractivity contribution in [1.82, 2.24) is 9.97 Å². The number of aromatic nitrogens is 2. The maximum absolute atomic E-state index is 12.5. The molecule has 7 nitrogen and oxygen atoms in total. The Hall–Kier alpha value is -2.67. The van der Waals surface area contributed by atoms with Crippen LogP contribution < -0.4 is 15.1 Å². The largest absolute Gasteiger partial charge is 0.394 e. The second-order valence-electron chi connectivity index (χ2n) is 7.08. The van der Waals surface area contributed by atoms with Gasteiger partial charge in [0.25, 0.3) is 0 Å². The summed E-state index contributed by atoms with van der Waals surface area (Å²) in [5.74, 6) is 1.38. The number of likely N-dealkylation sites (N-methyl/N-ethyl adjacent to an activating group) is 1. The summed E-state index contributed by atoms with van der Waals surface area (Å²) in [4.78, 5) is 25.1. The van der Waals surface area contributed by atoms with E-state index in [0.29, 0.717) is 5.82 Å². The van der Waals surface area contributed by atoms with E-state index in [2.05, 4.69) is 20.2 Å². The highest BCUT2D eigenvalue weighted by Gasteiger charge is 2.25. The molecule has 1 aliphatic rings. The van der Waals surface area contributed by atoms with Gasteiger partial charge in [0.2, 0.25) is 5.91 Å². The van der Waals surface area contributed by atoms with Crippen molar-refractivity contribution in [2.45, 2.75) is 32.7 Å². The van der Waals surface area contributed by atoms with Gasteiger partial charge in [-0.3, -0.25) is 4.79 Å². The number of para-hydroxylation sites is 1. The number of hydrogen-bond acceptors (Lipinski definition) is 6. The third-order valence-electron chi connectivity index (χ3n) is 5.04. The maximum Gasteiger partial charge on any atom is 0.243 e. The molecule has 1 saturated heterocycles. The maximum atomic E-state index is 12.5. The number of nitrogens with one attached hydrogen (secondary N) is 1. The minimum Gasteiger partial charge on any atom is -0.394 e. The molecular weight excluding hydrogens is 342 g/mol. The van der Waals surface area contributed by atoms with Gasteiger partial charge in [0, 0.05) is 25.3 Å². The molecule has 1 atom stereocenters. The molecule has 7 heteroatoms. The van der Waals surface area contributed by atoms with Gasteiger partial charge in [0.1, 0.15) is 18.0 Å². The van der Waals surface area contributed by atoms with Gasteiger partial charge in [0.05, 0.1) is 19.2 Å². The van der Waals surface area contributed by atoms with E-state index in [1.807, 2.05) is 45.2 Å². The Balaban J connectivity index is 1.68. The molecule has 3 rings (SSSR count). The van der Waals surface area contributed by atoms with E-state index in [1.165, 1.54) is 6.33 Å². The number of amides is 1. The molecule has 0 saturated carbocycles. The lowest BCUT2D eigenvalue weighted by Crippen LogP contribution is -2.34. The summed E-state index contributed by atoms with van der Waals surface area (Å²) in [5, 5.41) is 12.5. The van der Waals surface area contributed by atoms with Crippen molar-refractivity contribution in [2.75, 3.05) is 41.9 Å². The van der Waals surface area contributed by atoms with E-state index >= 15 is 0 Å². The first-order chi connectivity index (χ1) is 13.0. The van der Waals surface area contributed by atoms with Crippen molar-refractivity contribution < 1.29 is 9.90 Å². The first-order valence-corrected chi connectivity index (χ1v) is 9.26. The number of carbonyl (C=O) groups is 1. The summed E-state index contributed by atoms with van der Waals surface area (Å²) in [6, 6.07) is 7.92. The fourth-order valence-electron chi connectivity index (χ4n) is 3.52. The summed E-state index contributed by atoms with van der Waals surface area (Å²) < 4.78 is 0. The molecule has 144 valence electrons. The van der Waals surface area contributed by atoms with Gasteiger partial charge in [0.15, 0.2) is 0 Å². The Kier molecular flexibility index (Phi) is 5.91. The summed E-state index contributed by atoms with van der Waals surface area (Å²) in [5.41, 5.74) is 2.95. The van der Waals surface area contributed by atoms with Crippen LogP contribution >= 0.6 is 0 Å². The lowest BCUT2D eigenvalue weighted by Gasteiger charge is -2.25. The normalized spacial score (nSPS) is 16.4. The highest BCUT2D eigenvalue weighted by Crippen LogP contribution is 2.25. The van der Waals surface area contributed by atoms with Crippen molar-refractivity contribution in [3.8, 4) is 0 Å². The molecule has 2 heterocycles. The standard InChI is InChI=1S/C20H27N5O2/c1-14-6-4-7-15(2)20(14)23-19(27)11-24(3)17-10-18(22-13-21-17)25-9-5-8-16(25)12-26/h4,6-7,10,13,16,26H,5,8-9,11-12H2,1-3H3,(H,23,27). The monoisotopic (exact) mass is 369 g/mol. The van der Waals surface area contributed by atoms with Gasteiger partial charge < -0.3 is 20.2 Å². The summed E-state index contributed by atoms with van der Waals surface area (Å²) in [6.07, 6.45) is 3.51. The molecule has 2 N–H and O–H groups in total. The number of aliphatic hydroxyl groups is 1. The van der Waals surface area contributed by atoms with Crippen molar-refractivity contribution >= 4 is 23.2 Å². The fourth-order valence-corrected chi connectivity index (χ4v) is 3.52. The van der Waals surface area contributed by atoms with Crippen LogP contribution in [0.1, 0.15) is 24.0 Å². The zero-order chi connectivity index (χ0) is 19.4. The predicted octanol–water partition coefficient (Wildman–Crippen LogP) is 2.13. The minimum atomic E-state index is -0.0931. The van der Waals surface area contributed by atoms with Crippen LogP contribution in [0.15, 0.2) is 30.6 Å². The van der Waals surface area contributed by atoms with Crippen LogP contribution in [0.4, 0.5) is 17.3 Å². The lowest BCUT2D eigenvalue weighted by atomic mass is 10.1. The first kappa shape index (κ1) is 19.1. The van der Waals surface area contributed by atoms with Gasteiger partial charge in [-0.05, 0) is 37.8 Å². The summed E-state index contributed by atoms with van der Waals surface area (Å²) in [7, 11) is 1.84. The molecule has 1 aromatic heterocycles. The van der Waals surface area contributed by atoms with Gasteiger partial charge in [-0.15, -0.1) is 0 Å². The first-order valence-electron chi connectivity index (χ1n) is 9.26. The van der Waals surface area contributed by atoms with Crippen molar-refractivity contribution in [3.05, 3.63) is 41.7 Å². The highest BCUT2D eigenvalue weighted by molar-refractivity contribution is 5.95. The lowest BCUT2D eigenvalue weighted by molar-refractivity contribution is -0.114. The van der Waals surface area contributed by atoms with Crippen molar-refractivity contribution in [1.29, 1.82) is 0 Å².